The quantitative estimate of drug-likeness (QED) is 0.637. The summed E-state index contributed by atoms with van der Waals surface area (Å²) in [5.74, 6) is 5.70. The summed E-state index contributed by atoms with van der Waals surface area (Å²) in [5.41, 5.74) is 7.60. The average Bonchev–Trinajstić information content (AvgIpc) is 2.73. The van der Waals surface area contributed by atoms with Crippen molar-refractivity contribution in [3.05, 3.63) is 52.8 Å². The zero-order chi connectivity index (χ0) is 13.1. The molecule has 0 spiro atoms. The Balaban J connectivity index is 2.35. The van der Waals surface area contributed by atoms with Crippen LogP contribution < -0.4 is 11.3 Å². The number of nitrogens with one attached hydrogen (secondary N) is 1. The van der Waals surface area contributed by atoms with Crippen LogP contribution in [0.2, 0.25) is 0 Å². The van der Waals surface area contributed by atoms with E-state index in [0.29, 0.717) is 0 Å². The van der Waals surface area contributed by atoms with Gasteiger partial charge in [0.2, 0.25) is 0 Å². The summed E-state index contributed by atoms with van der Waals surface area (Å²) < 4.78 is 1.86. The number of hydrogen-bond donors (Lipinski definition) is 2. The molecular formula is C14H20N4. The largest absolute Gasteiger partial charge is 0.273 e. The van der Waals surface area contributed by atoms with Crippen LogP contribution in [0.3, 0.4) is 0 Å². The summed E-state index contributed by atoms with van der Waals surface area (Å²) in [4.78, 5) is 0. The smallest absolute Gasteiger partial charge is 0.0743 e. The first-order chi connectivity index (χ1) is 8.67. The van der Waals surface area contributed by atoms with Gasteiger partial charge in [-0.25, -0.2) is 5.43 Å². The first-order valence-electron chi connectivity index (χ1n) is 6.20. The van der Waals surface area contributed by atoms with Crippen LogP contribution in [0.4, 0.5) is 0 Å². The Kier molecular flexibility index (Phi) is 3.79. The van der Waals surface area contributed by atoms with Crippen molar-refractivity contribution in [3.8, 4) is 0 Å². The van der Waals surface area contributed by atoms with E-state index in [0.717, 1.165) is 23.2 Å². The van der Waals surface area contributed by atoms with Gasteiger partial charge in [0.25, 0.3) is 0 Å². The fraction of sp³-hybridized carbons (Fsp3) is 0.357. The number of rotatable bonds is 4. The molecule has 0 saturated heterocycles. The summed E-state index contributed by atoms with van der Waals surface area (Å²) in [5, 5.41) is 4.27. The second kappa shape index (κ2) is 5.33. The topological polar surface area (TPSA) is 55.9 Å². The van der Waals surface area contributed by atoms with Crippen LogP contribution in [-0.2, 0) is 13.5 Å². The second-order valence-corrected chi connectivity index (χ2v) is 4.50. The molecule has 0 amide bonds. The SMILES string of the molecule is CCc1ccc(C(NN)c2cnn(C)c2C)cc1. The number of nitrogens with two attached hydrogens (primary N) is 1. The molecule has 0 aliphatic heterocycles. The number of benzene rings is 1. The molecule has 0 aliphatic rings. The average molecular weight is 244 g/mol. The monoisotopic (exact) mass is 244 g/mol. The van der Waals surface area contributed by atoms with Crippen LogP contribution in [0.1, 0.15) is 35.3 Å². The van der Waals surface area contributed by atoms with E-state index >= 15 is 0 Å². The van der Waals surface area contributed by atoms with Crippen molar-refractivity contribution in [3.63, 3.8) is 0 Å². The summed E-state index contributed by atoms with van der Waals surface area (Å²) in [7, 11) is 1.94. The Morgan fingerprint density at radius 2 is 2.00 bits per heavy atom. The predicted molar refractivity (Wildman–Crippen MR) is 72.9 cm³/mol. The van der Waals surface area contributed by atoms with Gasteiger partial charge in [-0.15, -0.1) is 0 Å². The number of aryl methyl sites for hydroxylation is 2. The van der Waals surface area contributed by atoms with Gasteiger partial charge in [0.05, 0.1) is 12.2 Å². The van der Waals surface area contributed by atoms with Crippen molar-refractivity contribution >= 4 is 0 Å². The standard InChI is InChI=1S/C14H20N4/c1-4-11-5-7-12(8-6-11)14(17-15)13-9-16-18(3)10(13)2/h5-9,14,17H,4,15H2,1-3H3. The minimum Gasteiger partial charge on any atom is -0.273 e. The van der Waals surface area contributed by atoms with Gasteiger partial charge in [0.1, 0.15) is 0 Å². The third kappa shape index (κ3) is 2.30. The van der Waals surface area contributed by atoms with Crippen molar-refractivity contribution in [2.24, 2.45) is 12.9 Å². The molecule has 0 aliphatic carbocycles. The van der Waals surface area contributed by atoms with E-state index in [1.54, 1.807) is 0 Å². The summed E-state index contributed by atoms with van der Waals surface area (Å²) in [6.07, 6.45) is 2.92. The van der Waals surface area contributed by atoms with Crippen molar-refractivity contribution < 1.29 is 0 Å². The van der Waals surface area contributed by atoms with E-state index in [1.165, 1.54) is 5.56 Å². The molecule has 2 rings (SSSR count). The molecule has 4 nitrogen and oxygen atoms in total. The van der Waals surface area contributed by atoms with E-state index in [2.05, 4.69) is 41.7 Å². The van der Waals surface area contributed by atoms with E-state index in [9.17, 15) is 0 Å². The van der Waals surface area contributed by atoms with Crippen molar-refractivity contribution in [1.29, 1.82) is 0 Å². The molecule has 96 valence electrons. The van der Waals surface area contributed by atoms with Crippen LogP contribution in [0, 0.1) is 6.92 Å². The molecule has 18 heavy (non-hydrogen) atoms. The minimum absolute atomic E-state index is 0.00962. The van der Waals surface area contributed by atoms with Crippen LogP contribution in [0.25, 0.3) is 0 Å². The molecule has 2 aromatic rings. The lowest BCUT2D eigenvalue weighted by Gasteiger charge is -2.16. The highest BCUT2D eigenvalue weighted by Gasteiger charge is 2.17. The van der Waals surface area contributed by atoms with Crippen LogP contribution >= 0.6 is 0 Å². The third-order valence-corrected chi connectivity index (χ3v) is 3.47. The number of nitrogens with zero attached hydrogens (tertiary/aromatic N) is 2. The third-order valence-electron chi connectivity index (χ3n) is 3.47. The van der Waals surface area contributed by atoms with Crippen molar-refractivity contribution in [1.82, 2.24) is 15.2 Å². The summed E-state index contributed by atoms with van der Waals surface area (Å²) >= 11 is 0. The Hall–Kier alpha value is -1.65. The lowest BCUT2D eigenvalue weighted by Crippen LogP contribution is -2.29. The summed E-state index contributed by atoms with van der Waals surface area (Å²) in [6.45, 7) is 4.20. The second-order valence-electron chi connectivity index (χ2n) is 4.50. The maximum Gasteiger partial charge on any atom is 0.0743 e. The molecule has 1 aromatic heterocycles. The van der Waals surface area contributed by atoms with E-state index in [4.69, 9.17) is 5.84 Å². The van der Waals surface area contributed by atoms with Gasteiger partial charge in [-0.2, -0.15) is 5.10 Å². The van der Waals surface area contributed by atoms with Gasteiger partial charge < -0.3 is 0 Å². The lowest BCUT2D eigenvalue weighted by atomic mass is 9.98. The molecule has 0 saturated carbocycles. The zero-order valence-electron chi connectivity index (χ0n) is 11.1. The van der Waals surface area contributed by atoms with E-state index in [1.807, 2.05) is 24.9 Å². The summed E-state index contributed by atoms with van der Waals surface area (Å²) in [6, 6.07) is 8.52. The molecule has 1 atom stereocenters. The molecule has 3 N–H and O–H groups in total. The maximum atomic E-state index is 5.70. The number of aromatic nitrogens is 2. The van der Waals surface area contributed by atoms with Crippen molar-refractivity contribution in [2.45, 2.75) is 26.3 Å². The highest BCUT2D eigenvalue weighted by molar-refractivity contribution is 5.34. The highest BCUT2D eigenvalue weighted by Crippen LogP contribution is 2.24. The zero-order valence-corrected chi connectivity index (χ0v) is 11.1. The van der Waals surface area contributed by atoms with Crippen LogP contribution in [0.5, 0.6) is 0 Å². The molecular weight excluding hydrogens is 224 g/mol. The highest BCUT2D eigenvalue weighted by atomic mass is 15.3. The number of hydrogen-bond acceptors (Lipinski definition) is 3. The van der Waals surface area contributed by atoms with Gasteiger partial charge in [-0.05, 0) is 24.5 Å². The Morgan fingerprint density at radius 3 is 2.44 bits per heavy atom. The van der Waals surface area contributed by atoms with E-state index < -0.39 is 0 Å². The normalized spacial score (nSPS) is 12.7. The van der Waals surface area contributed by atoms with Gasteiger partial charge >= 0.3 is 0 Å². The molecule has 1 aromatic carbocycles. The fourth-order valence-corrected chi connectivity index (χ4v) is 2.11. The van der Waals surface area contributed by atoms with Crippen molar-refractivity contribution in [2.75, 3.05) is 0 Å². The molecule has 0 fully saturated rings. The van der Waals surface area contributed by atoms with Gasteiger partial charge in [0, 0.05) is 18.3 Å². The lowest BCUT2D eigenvalue weighted by molar-refractivity contribution is 0.630. The minimum atomic E-state index is -0.00962. The Morgan fingerprint density at radius 1 is 1.33 bits per heavy atom. The molecule has 0 radical (unpaired) electrons. The van der Waals surface area contributed by atoms with Gasteiger partial charge in [0.15, 0.2) is 0 Å². The number of hydrazine groups is 1. The van der Waals surface area contributed by atoms with Crippen LogP contribution in [0.15, 0.2) is 30.5 Å². The Labute approximate surface area is 108 Å². The Bertz CT molecular complexity index is 513. The molecule has 0 bridgehead atoms. The van der Waals surface area contributed by atoms with Crippen LogP contribution in [-0.4, -0.2) is 9.78 Å². The van der Waals surface area contributed by atoms with Gasteiger partial charge in [-0.1, -0.05) is 31.2 Å². The first-order valence-corrected chi connectivity index (χ1v) is 6.20. The first kappa shape index (κ1) is 12.8. The predicted octanol–water partition coefficient (Wildman–Crippen LogP) is 1.84. The maximum absolute atomic E-state index is 5.70. The van der Waals surface area contributed by atoms with E-state index in [-0.39, 0.29) is 6.04 Å². The molecule has 4 heteroatoms. The van der Waals surface area contributed by atoms with Gasteiger partial charge in [-0.3, -0.25) is 10.5 Å². The molecule has 1 unspecified atom stereocenters. The fourth-order valence-electron chi connectivity index (χ4n) is 2.11. The molecule has 1 heterocycles.